The maximum atomic E-state index is 11.7. The van der Waals surface area contributed by atoms with Gasteiger partial charge in [0, 0.05) is 12.6 Å². The third-order valence-electron chi connectivity index (χ3n) is 2.10. The van der Waals surface area contributed by atoms with Gasteiger partial charge in [0.2, 0.25) is 5.89 Å². The maximum Gasteiger partial charge on any atom is 0.335 e. The van der Waals surface area contributed by atoms with Crippen LogP contribution >= 0.6 is 0 Å². The lowest BCUT2D eigenvalue weighted by Gasteiger charge is -2.02. The third-order valence-corrected chi connectivity index (χ3v) is 2.10. The molecule has 7 heteroatoms. The summed E-state index contributed by atoms with van der Waals surface area (Å²) in [5.41, 5.74) is 0.430. The summed E-state index contributed by atoms with van der Waals surface area (Å²) in [5, 5.41) is 14.7. The van der Waals surface area contributed by atoms with Gasteiger partial charge in [-0.2, -0.15) is 4.98 Å². The van der Waals surface area contributed by atoms with Crippen molar-refractivity contribution in [2.24, 2.45) is 0 Å². The molecule has 1 aromatic carbocycles. The van der Waals surface area contributed by atoms with Gasteiger partial charge in [-0.3, -0.25) is 4.79 Å². The first-order chi connectivity index (χ1) is 8.56. The summed E-state index contributed by atoms with van der Waals surface area (Å²) in [6.07, 6.45) is 0. The number of aromatic nitrogens is 2. The minimum Gasteiger partial charge on any atom is -0.478 e. The zero-order chi connectivity index (χ0) is 13.1. The van der Waals surface area contributed by atoms with Gasteiger partial charge < -0.3 is 14.9 Å². The smallest absolute Gasteiger partial charge is 0.335 e. The molecule has 92 valence electrons. The number of carbonyl (C=O) groups is 2. The van der Waals surface area contributed by atoms with Crippen LogP contribution in [0.4, 0.5) is 5.69 Å². The van der Waals surface area contributed by atoms with Crippen molar-refractivity contribution in [1.29, 1.82) is 0 Å². The highest BCUT2D eigenvalue weighted by atomic mass is 16.5. The fourth-order valence-electron chi connectivity index (χ4n) is 1.31. The highest BCUT2D eigenvalue weighted by Crippen LogP contribution is 2.11. The fourth-order valence-corrected chi connectivity index (χ4v) is 1.31. The Morgan fingerprint density at radius 1 is 1.39 bits per heavy atom. The predicted octanol–water partition coefficient (Wildman–Crippen LogP) is 1.33. The van der Waals surface area contributed by atoms with Crippen LogP contribution in [0.3, 0.4) is 0 Å². The molecule has 0 aliphatic heterocycles. The molecule has 1 aromatic heterocycles. The van der Waals surface area contributed by atoms with E-state index in [1.165, 1.54) is 18.2 Å². The molecule has 1 amide bonds. The van der Waals surface area contributed by atoms with E-state index in [2.05, 4.69) is 20.0 Å². The quantitative estimate of drug-likeness (QED) is 0.847. The van der Waals surface area contributed by atoms with Crippen LogP contribution in [-0.4, -0.2) is 27.1 Å². The number of carboxylic acids is 1. The molecule has 1 heterocycles. The van der Waals surface area contributed by atoms with E-state index in [0.29, 0.717) is 5.69 Å². The summed E-state index contributed by atoms with van der Waals surface area (Å²) in [6, 6.07) is 5.86. The van der Waals surface area contributed by atoms with Crippen molar-refractivity contribution >= 4 is 17.6 Å². The summed E-state index contributed by atoms with van der Waals surface area (Å²) >= 11 is 0. The number of hydrogen-bond donors (Lipinski definition) is 2. The van der Waals surface area contributed by atoms with E-state index < -0.39 is 11.9 Å². The van der Waals surface area contributed by atoms with Gasteiger partial charge in [0.25, 0.3) is 11.7 Å². The van der Waals surface area contributed by atoms with Gasteiger partial charge >= 0.3 is 5.97 Å². The zero-order valence-corrected chi connectivity index (χ0v) is 9.38. The average molecular weight is 247 g/mol. The number of nitrogens with zero attached hydrogens (tertiary/aromatic N) is 2. The van der Waals surface area contributed by atoms with Crippen molar-refractivity contribution in [3.05, 3.63) is 41.5 Å². The molecule has 0 radical (unpaired) electrons. The van der Waals surface area contributed by atoms with Crippen molar-refractivity contribution in [1.82, 2.24) is 10.1 Å². The molecule has 0 aliphatic carbocycles. The molecule has 0 saturated heterocycles. The fraction of sp³-hybridized carbons (Fsp3) is 0.0909. The van der Waals surface area contributed by atoms with E-state index in [-0.39, 0.29) is 17.3 Å². The Morgan fingerprint density at radius 3 is 2.78 bits per heavy atom. The number of benzene rings is 1. The SMILES string of the molecule is Cc1nc(C(=O)Nc2cccc(C(=O)O)c2)no1. The Bertz CT molecular complexity index is 606. The Balaban J connectivity index is 2.16. The standard InChI is InChI=1S/C11H9N3O4/c1-6-12-9(14-18-6)10(15)13-8-4-2-3-7(5-8)11(16)17/h2-5H,1H3,(H,13,15)(H,16,17). The lowest BCUT2D eigenvalue weighted by Crippen LogP contribution is -2.14. The van der Waals surface area contributed by atoms with E-state index in [1.807, 2.05) is 0 Å². The van der Waals surface area contributed by atoms with Crippen molar-refractivity contribution < 1.29 is 19.2 Å². The van der Waals surface area contributed by atoms with Crippen molar-refractivity contribution in [3.63, 3.8) is 0 Å². The monoisotopic (exact) mass is 247 g/mol. The van der Waals surface area contributed by atoms with E-state index in [0.717, 1.165) is 0 Å². The van der Waals surface area contributed by atoms with Gasteiger partial charge in [-0.05, 0) is 18.2 Å². The number of amides is 1. The number of carboxylic acid groups (broad SMARTS) is 1. The second kappa shape index (κ2) is 4.66. The minimum absolute atomic E-state index is 0.0806. The van der Waals surface area contributed by atoms with Crippen LogP contribution in [0.2, 0.25) is 0 Å². The second-order valence-electron chi connectivity index (χ2n) is 3.48. The van der Waals surface area contributed by atoms with Crippen molar-refractivity contribution in [2.45, 2.75) is 6.92 Å². The molecular weight excluding hydrogens is 238 g/mol. The molecule has 0 saturated carbocycles. The normalized spacial score (nSPS) is 10.1. The van der Waals surface area contributed by atoms with Gasteiger partial charge in [-0.1, -0.05) is 11.2 Å². The highest BCUT2D eigenvalue weighted by Gasteiger charge is 2.13. The first-order valence-corrected chi connectivity index (χ1v) is 5.01. The maximum absolute atomic E-state index is 11.7. The van der Waals surface area contributed by atoms with Crippen LogP contribution in [0.5, 0.6) is 0 Å². The zero-order valence-electron chi connectivity index (χ0n) is 9.38. The Hall–Kier alpha value is -2.70. The molecular formula is C11H9N3O4. The van der Waals surface area contributed by atoms with E-state index >= 15 is 0 Å². The molecule has 0 unspecified atom stereocenters. The predicted molar refractivity (Wildman–Crippen MR) is 60.4 cm³/mol. The largest absolute Gasteiger partial charge is 0.478 e. The Morgan fingerprint density at radius 2 is 2.17 bits per heavy atom. The van der Waals surface area contributed by atoms with Crippen LogP contribution in [0.25, 0.3) is 0 Å². The number of rotatable bonds is 3. The first-order valence-electron chi connectivity index (χ1n) is 5.01. The second-order valence-corrected chi connectivity index (χ2v) is 3.48. The number of aromatic carboxylic acids is 1. The van der Waals surface area contributed by atoms with Crippen molar-refractivity contribution in [3.8, 4) is 0 Å². The average Bonchev–Trinajstić information content (AvgIpc) is 2.76. The molecule has 18 heavy (non-hydrogen) atoms. The minimum atomic E-state index is -1.07. The van der Waals surface area contributed by atoms with Gasteiger partial charge in [-0.15, -0.1) is 0 Å². The molecule has 0 aliphatic rings. The van der Waals surface area contributed by atoms with Gasteiger partial charge in [-0.25, -0.2) is 4.79 Å². The molecule has 2 aromatic rings. The van der Waals surface area contributed by atoms with Gasteiger partial charge in [0.05, 0.1) is 5.56 Å². The Kier molecular flexibility index (Phi) is 3.05. The molecule has 7 nitrogen and oxygen atoms in total. The first kappa shape index (κ1) is 11.8. The highest BCUT2D eigenvalue weighted by molar-refractivity contribution is 6.02. The van der Waals surface area contributed by atoms with E-state index in [1.54, 1.807) is 13.0 Å². The summed E-state index contributed by atoms with van der Waals surface area (Å²) < 4.78 is 4.67. The number of anilines is 1. The molecule has 0 bridgehead atoms. The molecule has 0 fully saturated rings. The molecule has 0 spiro atoms. The van der Waals surface area contributed by atoms with Crippen LogP contribution in [0, 0.1) is 6.92 Å². The van der Waals surface area contributed by atoms with Crippen LogP contribution in [0.15, 0.2) is 28.8 Å². The summed E-state index contributed by atoms with van der Waals surface area (Å²) in [4.78, 5) is 26.2. The van der Waals surface area contributed by atoms with Crippen LogP contribution in [-0.2, 0) is 0 Å². The number of carbonyl (C=O) groups excluding carboxylic acids is 1. The summed E-state index contributed by atoms with van der Waals surface area (Å²) in [7, 11) is 0. The van der Waals surface area contributed by atoms with Crippen LogP contribution in [0.1, 0.15) is 26.9 Å². The Labute approximate surface area is 101 Å². The lowest BCUT2D eigenvalue weighted by molar-refractivity contribution is 0.0696. The van der Waals surface area contributed by atoms with E-state index in [9.17, 15) is 9.59 Å². The van der Waals surface area contributed by atoms with Gasteiger partial charge in [0.1, 0.15) is 0 Å². The molecule has 2 rings (SSSR count). The van der Waals surface area contributed by atoms with Gasteiger partial charge in [0.15, 0.2) is 0 Å². The molecule has 0 atom stereocenters. The van der Waals surface area contributed by atoms with Crippen molar-refractivity contribution in [2.75, 3.05) is 5.32 Å². The lowest BCUT2D eigenvalue weighted by atomic mass is 10.2. The summed E-state index contributed by atoms with van der Waals surface area (Å²) in [6.45, 7) is 1.56. The van der Waals surface area contributed by atoms with Crippen LogP contribution < -0.4 is 5.32 Å². The van der Waals surface area contributed by atoms with E-state index in [4.69, 9.17) is 5.11 Å². The number of hydrogen-bond acceptors (Lipinski definition) is 5. The number of nitrogens with one attached hydrogen (secondary N) is 1. The molecule has 2 N–H and O–H groups in total. The summed E-state index contributed by atoms with van der Waals surface area (Å²) in [5.74, 6) is -1.46. The number of aryl methyl sites for hydroxylation is 1. The topological polar surface area (TPSA) is 105 Å². The third kappa shape index (κ3) is 2.51.